The van der Waals surface area contributed by atoms with Gasteiger partial charge in [-0.25, -0.2) is 0 Å². The molecule has 0 fully saturated rings. The Morgan fingerprint density at radius 3 is 2.56 bits per heavy atom. The van der Waals surface area contributed by atoms with Gasteiger partial charge in [0.2, 0.25) is 0 Å². The van der Waals surface area contributed by atoms with Crippen molar-refractivity contribution in [2.24, 2.45) is 5.92 Å². The van der Waals surface area contributed by atoms with Crippen molar-refractivity contribution in [2.75, 3.05) is 7.11 Å². The van der Waals surface area contributed by atoms with Crippen LogP contribution in [0.5, 0.6) is 0 Å². The first-order valence-electron chi connectivity index (χ1n) is 6.07. The molecule has 1 unspecified atom stereocenters. The second-order valence-corrected chi connectivity index (χ2v) is 4.67. The minimum absolute atomic E-state index is 0.158. The molecule has 0 aliphatic carbocycles. The van der Waals surface area contributed by atoms with E-state index in [4.69, 9.17) is 4.74 Å². The number of carbonyl (C=O) groups excluding carboxylic acids is 1. The van der Waals surface area contributed by atoms with Gasteiger partial charge in [0, 0.05) is 5.39 Å². The van der Waals surface area contributed by atoms with E-state index in [0.29, 0.717) is 0 Å². The monoisotopic (exact) mass is 243 g/mol. The molecule has 0 bridgehead atoms. The highest BCUT2D eigenvalue weighted by atomic mass is 16.5. The fraction of sp³-hybridized carbons (Fsp3) is 0.333. The van der Waals surface area contributed by atoms with E-state index in [1.54, 1.807) is 0 Å². The van der Waals surface area contributed by atoms with Crippen LogP contribution in [0.25, 0.3) is 10.9 Å². The molecule has 1 aromatic heterocycles. The lowest BCUT2D eigenvalue weighted by molar-refractivity contribution is -0.143. The highest BCUT2D eigenvalue weighted by Gasteiger charge is 2.26. The third kappa shape index (κ3) is 2.35. The predicted molar refractivity (Wildman–Crippen MR) is 71.3 cm³/mol. The predicted octanol–water partition coefficient (Wildman–Crippen LogP) is 3.15. The summed E-state index contributed by atoms with van der Waals surface area (Å²) in [6.07, 6.45) is 0. The van der Waals surface area contributed by atoms with E-state index in [-0.39, 0.29) is 17.8 Å². The number of benzene rings is 1. The van der Waals surface area contributed by atoms with E-state index in [1.165, 1.54) is 7.11 Å². The second kappa shape index (κ2) is 5.17. The maximum Gasteiger partial charge on any atom is 0.315 e. The lowest BCUT2D eigenvalue weighted by Gasteiger charge is -2.18. The van der Waals surface area contributed by atoms with Crippen LogP contribution in [-0.2, 0) is 9.53 Å². The van der Waals surface area contributed by atoms with Gasteiger partial charge in [-0.3, -0.25) is 9.78 Å². The minimum atomic E-state index is -0.306. The number of para-hydroxylation sites is 1. The Morgan fingerprint density at radius 2 is 1.89 bits per heavy atom. The summed E-state index contributed by atoms with van der Waals surface area (Å²) in [4.78, 5) is 16.4. The largest absolute Gasteiger partial charge is 0.468 e. The van der Waals surface area contributed by atoms with Crippen molar-refractivity contribution in [1.29, 1.82) is 0 Å². The lowest BCUT2D eigenvalue weighted by atomic mass is 9.92. The van der Waals surface area contributed by atoms with Gasteiger partial charge in [-0.05, 0) is 18.1 Å². The zero-order chi connectivity index (χ0) is 13.1. The molecule has 0 amide bonds. The number of methoxy groups -OCH3 is 1. The van der Waals surface area contributed by atoms with Crippen molar-refractivity contribution in [3.63, 3.8) is 0 Å². The number of rotatable bonds is 3. The molecule has 2 rings (SSSR count). The fourth-order valence-electron chi connectivity index (χ4n) is 2.12. The van der Waals surface area contributed by atoms with Crippen LogP contribution in [0.2, 0.25) is 0 Å². The summed E-state index contributed by atoms with van der Waals surface area (Å²) in [6.45, 7) is 4.00. The highest BCUT2D eigenvalue weighted by molar-refractivity contribution is 5.81. The van der Waals surface area contributed by atoms with E-state index >= 15 is 0 Å². The van der Waals surface area contributed by atoms with Gasteiger partial charge in [-0.1, -0.05) is 38.1 Å². The van der Waals surface area contributed by atoms with Gasteiger partial charge in [0.25, 0.3) is 0 Å². The summed E-state index contributed by atoms with van der Waals surface area (Å²) in [6, 6.07) is 11.8. The summed E-state index contributed by atoms with van der Waals surface area (Å²) in [5, 5.41) is 1.08. The molecule has 1 heterocycles. The van der Waals surface area contributed by atoms with E-state index < -0.39 is 0 Å². The quantitative estimate of drug-likeness (QED) is 0.777. The molecule has 0 aliphatic rings. The van der Waals surface area contributed by atoms with Crippen LogP contribution in [0, 0.1) is 5.92 Å². The number of carbonyl (C=O) groups is 1. The average Bonchev–Trinajstić information content (AvgIpc) is 2.38. The maximum atomic E-state index is 11.8. The van der Waals surface area contributed by atoms with Gasteiger partial charge in [0.1, 0.15) is 5.92 Å². The van der Waals surface area contributed by atoms with Gasteiger partial charge in [0.15, 0.2) is 0 Å². The molecule has 18 heavy (non-hydrogen) atoms. The van der Waals surface area contributed by atoms with Crippen LogP contribution in [0.4, 0.5) is 0 Å². The Balaban J connectivity index is 2.48. The molecule has 94 valence electrons. The first-order valence-corrected chi connectivity index (χ1v) is 6.07. The standard InChI is InChI=1S/C15H17NO2/c1-10(2)14(15(17)18-3)13-9-8-11-6-4-5-7-12(11)16-13/h4-10,14H,1-3H3. The van der Waals surface area contributed by atoms with Gasteiger partial charge < -0.3 is 4.74 Å². The molecule has 1 atom stereocenters. The number of fused-ring (bicyclic) bond motifs is 1. The van der Waals surface area contributed by atoms with Crippen LogP contribution in [0.3, 0.4) is 0 Å². The Labute approximate surface area is 107 Å². The Hall–Kier alpha value is -1.90. The van der Waals surface area contributed by atoms with Crippen LogP contribution in [-0.4, -0.2) is 18.1 Å². The number of nitrogens with zero attached hydrogens (tertiary/aromatic N) is 1. The van der Waals surface area contributed by atoms with Crippen molar-refractivity contribution in [2.45, 2.75) is 19.8 Å². The lowest BCUT2D eigenvalue weighted by Crippen LogP contribution is -2.20. The fourth-order valence-corrected chi connectivity index (χ4v) is 2.12. The Kier molecular flexibility index (Phi) is 3.60. The molecule has 0 radical (unpaired) electrons. The number of pyridine rings is 1. The minimum Gasteiger partial charge on any atom is -0.468 e. The number of hydrogen-bond acceptors (Lipinski definition) is 3. The van der Waals surface area contributed by atoms with E-state index in [9.17, 15) is 4.79 Å². The molecular weight excluding hydrogens is 226 g/mol. The topological polar surface area (TPSA) is 39.2 Å². The van der Waals surface area contributed by atoms with Crippen LogP contribution in [0.15, 0.2) is 36.4 Å². The number of aromatic nitrogens is 1. The molecule has 0 saturated heterocycles. The van der Waals surface area contributed by atoms with E-state index in [2.05, 4.69) is 4.98 Å². The third-order valence-corrected chi connectivity index (χ3v) is 3.06. The summed E-state index contributed by atoms with van der Waals surface area (Å²) in [7, 11) is 1.42. The molecule has 1 aromatic carbocycles. The zero-order valence-corrected chi connectivity index (χ0v) is 10.9. The molecule has 3 heteroatoms. The summed E-state index contributed by atoms with van der Waals surface area (Å²) >= 11 is 0. The van der Waals surface area contributed by atoms with Gasteiger partial charge in [-0.15, -0.1) is 0 Å². The molecular formula is C15H17NO2. The van der Waals surface area contributed by atoms with Crippen molar-refractivity contribution in [1.82, 2.24) is 4.98 Å². The molecule has 0 saturated carbocycles. The van der Waals surface area contributed by atoms with Gasteiger partial charge in [-0.2, -0.15) is 0 Å². The first kappa shape index (κ1) is 12.6. The summed E-state index contributed by atoms with van der Waals surface area (Å²) < 4.78 is 4.86. The molecule has 3 nitrogen and oxygen atoms in total. The van der Waals surface area contributed by atoms with E-state index in [0.717, 1.165) is 16.6 Å². The Morgan fingerprint density at radius 1 is 1.17 bits per heavy atom. The Bertz CT molecular complexity index is 563. The third-order valence-electron chi connectivity index (χ3n) is 3.06. The average molecular weight is 243 g/mol. The van der Waals surface area contributed by atoms with E-state index in [1.807, 2.05) is 50.2 Å². The maximum absolute atomic E-state index is 11.8. The van der Waals surface area contributed by atoms with Crippen molar-refractivity contribution >= 4 is 16.9 Å². The van der Waals surface area contributed by atoms with Crippen molar-refractivity contribution in [3.05, 3.63) is 42.1 Å². The van der Waals surface area contributed by atoms with Crippen LogP contribution < -0.4 is 0 Å². The summed E-state index contributed by atoms with van der Waals surface area (Å²) in [5.74, 6) is -0.376. The smallest absolute Gasteiger partial charge is 0.315 e. The molecule has 0 N–H and O–H groups in total. The van der Waals surface area contributed by atoms with Gasteiger partial charge in [0.05, 0.1) is 18.3 Å². The number of ether oxygens (including phenoxy) is 1. The first-order chi connectivity index (χ1) is 8.63. The summed E-state index contributed by atoms with van der Waals surface area (Å²) in [5.41, 5.74) is 1.68. The van der Waals surface area contributed by atoms with Gasteiger partial charge >= 0.3 is 5.97 Å². The van der Waals surface area contributed by atoms with Crippen LogP contribution >= 0.6 is 0 Å². The molecule has 0 spiro atoms. The SMILES string of the molecule is COC(=O)C(c1ccc2ccccc2n1)C(C)C. The van der Waals surface area contributed by atoms with Crippen molar-refractivity contribution in [3.8, 4) is 0 Å². The normalized spacial score (nSPS) is 12.7. The second-order valence-electron chi connectivity index (χ2n) is 4.67. The highest BCUT2D eigenvalue weighted by Crippen LogP contribution is 2.26. The van der Waals surface area contributed by atoms with Crippen molar-refractivity contribution < 1.29 is 9.53 Å². The number of esters is 1. The number of hydrogen-bond donors (Lipinski definition) is 0. The van der Waals surface area contributed by atoms with Crippen LogP contribution in [0.1, 0.15) is 25.5 Å². The molecule has 2 aromatic rings. The zero-order valence-electron chi connectivity index (χ0n) is 10.9. The molecule has 0 aliphatic heterocycles.